The molecule has 0 aromatic heterocycles. The summed E-state index contributed by atoms with van der Waals surface area (Å²) in [6.45, 7) is 9.33. The van der Waals surface area contributed by atoms with Gasteiger partial charge >= 0.3 is 0 Å². The number of aryl methyl sites for hydroxylation is 1. The number of ether oxygens (including phenoxy) is 1. The molecule has 3 unspecified atom stereocenters. The van der Waals surface area contributed by atoms with E-state index in [2.05, 4.69) is 55.7 Å². The van der Waals surface area contributed by atoms with Crippen LogP contribution in [0.15, 0.2) is 24.3 Å². The Hall–Kier alpha value is -0.900. The molecule has 1 aliphatic rings. The smallest absolute Gasteiger partial charge is 0.0620 e. The molecule has 106 valence electrons. The third-order valence-electron chi connectivity index (χ3n) is 3.83. The van der Waals surface area contributed by atoms with Gasteiger partial charge in [-0.3, -0.25) is 0 Å². The van der Waals surface area contributed by atoms with E-state index in [-0.39, 0.29) is 0 Å². The van der Waals surface area contributed by atoms with Crippen LogP contribution in [0.25, 0.3) is 0 Å². The molecule has 1 saturated heterocycles. The monoisotopic (exact) mass is 262 g/mol. The Balaban J connectivity index is 1.84. The van der Waals surface area contributed by atoms with Gasteiger partial charge in [-0.05, 0) is 38.3 Å². The fraction of sp³-hybridized carbons (Fsp3) is 0.625. The van der Waals surface area contributed by atoms with Crippen molar-refractivity contribution < 1.29 is 4.74 Å². The summed E-state index contributed by atoms with van der Waals surface area (Å²) < 4.78 is 5.50. The quantitative estimate of drug-likeness (QED) is 0.855. The van der Waals surface area contributed by atoms with E-state index in [4.69, 9.17) is 4.74 Å². The third-order valence-corrected chi connectivity index (χ3v) is 3.83. The van der Waals surface area contributed by atoms with Crippen LogP contribution >= 0.6 is 0 Å². The Bertz CT molecular complexity index is 388. The van der Waals surface area contributed by atoms with Crippen molar-refractivity contribution in [3.63, 3.8) is 0 Å². The number of rotatable bonds is 5. The molecule has 0 bridgehead atoms. The van der Waals surface area contributed by atoms with E-state index in [9.17, 15) is 0 Å². The molecule has 1 aromatic rings. The van der Waals surface area contributed by atoms with Crippen molar-refractivity contribution in [2.24, 2.45) is 0 Å². The molecule has 0 radical (unpaired) electrons. The fourth-order valence-corrected chi connectivity index (χ4v) is 2.86. The Kier molecular flexibility index (Phi) is 5.37. The summed E-state index contributed by atoms with van der Waals surface area (Å²) in [4.78, 5) is 0. The summed E-state index contributed by atoms with van der Waals surface area (Å²) in [6.07, 6.45) is 1.11. The topological polar surface area (TPSA) is 33.3 Å². The lowest BCUT2D eigenvalue weighted by molar-refractivity contribution is 0.0708. The molecule has 2 rings (SSSR count). The second kappa shape index (κ2) is 7.04. The molecule has 1 fully saturated rings. The zero-order chi connectivity index (χ0) is 13.7. The summed E-state index contributed by atoms with van der Waals surface area (Å²) in [7, 11) is 0. The summed E-state index contributed by atoms with van der Waals surface area (Å²) in [5, 5.41) is 7.20. The summed E-state index contributed by atoms with van der Waals surface area (Å²) in [6, 6.07) is 9.95. The molecule has 0 saturated carbocycles. The van der Waals surface area contributed by atoms with E-state index in [1.165, 1.54) is 11.1 Å². The molecule has 3 nitrogen and oxygen atoms in total. The van der Waals surface area contributed by atoms with Crippen LogP contribution in [0.3, 0.4) is 0 Å². The van der Waals surface area contributed by atoms with Crippen molar-refractivity contribution in [3.05, 3.63) is 35.4 Å². The highest BCUT2D eigenvalue weighted by Gasteiger charge is 2.18. The second-order valence-corrected chi connectivity index (χ2v) is 5.61. The largest absolute Gasteiger partial charge is 0.379 e. The maximum Gasteiger partial charge on any atom is 0.0620 e. The minimum atomic E-state index is 0.390. The Labute approximate surface area is 116 Å². The van der Waals surface area contributed by atoms with Crippen LogP contribution in [0.5, 0.6) is 0 Å². The van der Waals surface area contributed by atoms with E-state index in [1.54, 1.807) is 0 Å². The highest BCUT2D eigenvalue weighted by molar-refractivity contribution is 5.28. The predicted molar refractivity (Wildman–Crippen MR) is 79.4 cm³/mol. The number of hydrogen-bond acceptors (Lipinski definition) is 3. The van der Waals surface area contributed by atoms with Gasteiger partial charge in [-0.2, -0.15) is 0 Å². The highest BCUT2D eigenvalue weighted by atomic mass is 16.5. The van der Waals surface area contributed by atoms with Gasteiger partial charge in [0.05, 0.1) is 13.2 Å². The molecule has 3 heteroatoms. The zero-order valence-corrected chi connectivity index (χ0v) is 12.3. The molecule has 3 atom stereocenters. The maximum absolute atomic E-state index is 5.50. The van der Waals surface area contributed by atoms with E-state index >= 15 is 0 Å². The molecular formula is C16H26N2O. The molecule has 1 aliphatic heterocycles. The van der Waals surface area contributed by atoms with Gasteiger partial charge in [0.1, 0.15) is 0 Å². The standard InChI is InChI=1S/C16H26N2O/c1-12-6-4-5-7-16(12)14(3)18-13(2)10-15-11-19-9-8-17-15/h4-7,13-15,17-18H,8-11H2,1-3H3. The van der Waals surface area contributed by atoms with Crippen LogP contribution in [-0.4, -0.2) is 31.8 Å². The van der Waals surface area contributed by atoms with E-state index in [0.29, 0.717) is 18.1 Å². The lowest BCUT2D eigenvalue weighted by Crippen LogP contribution is -2.45. The lowest BCUT2D eigenvalue weighted by Gasteiger charge is -2.28. The minimum Gasteiger partial charge on any atom is -0.379 e. The first-order chi connectivity index (χ1) is 9.16. The van der Waals surface area contributed by atoms with Crippen LogP contribution in [0, 0.1) is 6.92 Å². The zero-order valence-electron chi connectivity index (χ0n) is 12.3. The van der Waals surface area contributed by atoms with Gasteiger partial charge in [-0.25, -0.2) is 0 Å². The second-order valence-electron chi connectivity index (χ2n) is 5.61. The first-order valence-corrected chi connectivity index (χ1v) is 7.29. The van der Waals surface area contributed by atoms with Gasteiger partial charge in [0.15, 0.2) is 0 Å². The van der Waals surface area contributed by atoms with Crippen LogP contribution in [0.2, 0.25) is 0 Å². The van der Waals surface area contributed by atoms with Crippen molar-refractivity contribution in [1.82, 2.24) is 10.6 Å². The summed E-state index contributed by atoms with van der Waals surface area (Å²) in [5.41, 5.74) is 2.75. The van der Waals surface area contributed by atoms with Crippen LogP contribution in [-0.2, 0) is 4.74 Å². The van der Waals surface area contributed by atoms with Crippen LogP contribution in [0.4, 0.5) is 0 Å². The average molecular weight is 262 g/mol. The Morgan fingerprint density at radius 2 is 2.16 bits per heavy atom. The van der Waals surface area contributed by atoms with E-state index in [0.717, 1.165) is 26.2 Å². The Morgan fingerprint density at radius 1 is 1.37 bits per heavy atom. The first-order valence-electron chi connectivity index (χ1n) is 7.29. The number of benzene rings is 1. The van der Waals surface area contributed by atoms with E-state index < -0.39 is 0 Å². The van der Waals surface area contributed by atoms with E-state index in [1.807, 2.05) is 0 Å². The fourth-order valence-electron chi connectivity index (χ4n) is 2.86. The molecule has 2 N–H and O–H groups in total. The van der Waals surface area contributed by atoms with Gasteiger partial charge in [-0.15, -0.1) is 0 Å². The van der Waals surface area contributed by atoms with Gasteiger partial charge in [0.25, 0.3) is 0 Å². The van der Waals surface area contributed by atoms with Gasteiger partial charge in [0.2, 0.25) is 0 Å². The lowest BCUT2D eigenvalue weighted by atomic mass is 10.0. The summed E-state index contributed by atoms with van der Waals surface area (Å²) >= 11 is 0. The SMILES string of the molecule is Cc1ccccc1C(C)NC(C)CC1COCCN1. The number of morpholine rings is 1. The van der Waals surface area contributed by atoms with Crippen molar-refractivity contribution in [2.45, 2.75) is 45.3 Å². The van der Waals surface area contributed by atoms with Crippen LogP contribution < -0.4 is 10.6 Å². The maximum atomic E-state index is 5.50. The average Bonchev–Trinajstić information content (AvgIpc) is 2.40. The summed E-state index contributed by atoms with van der Waals surface area (Å²) in [5.74, 6) is 0. The van der Waals surface area contributed by atoms with Gasteiger partial charge in [0, 0.05) is 24.7 Å². The van der Waals surface area contributed by atoms with Gasteiger partial charge in [-0.1, -0.05) is 24.3 Å². The molecular weight excluding hydrogens is 236 g/mol. The van der Waals surface area contributed by atoms with Crippen LogP contribution in [0.1, 0.15) is 37.4 Å². The van der Waals surface area contributed by atoms with Crippen molar-refractivity contribution in [3.8, 4) is 0 Å². The highest BCUT2D eigenvalue weighted by Crippen LogP contribution is 2.18. The molecule has 19 heavy (non-hydrogen) atoms. The van der Waals surface area contributed by atoms with Crippen molar-refractivity contribution >= 4 is 0 Å². The molecule has 1 heterocycles. The molecule has 0 spiro atoms. The predicted octanol–water partition coefficient (Wildman–Crippen LogP) is 2.41. The minimum absolute atomic E-state index is 0.390. The van der Waals surface area contributed by atoms with Crippen molar-refractivity contribution in [2.75, 3.05) is 19.8 Å². The molecule has 0 amide bonds. The third kappa shape index (κ3) is 4.30. The van der Waals surface area contributed by atoms with Crippen molar-refractivity contribution in [1.29, 1.82) is 0 Å². The first kappa shape index (κ1) is 14.5. The number of nitrogens with one attached hydrogen (secondary N) is 2. The van der Waals surface area contributed by atoms with Gasteiger partial charge < -0.3 is 15.4 Å². The Morgan fingerprint density at radius 3 is 2.84 bits per heavy atom. The molecule has 0 aliphatic carbocycles. The molecule has 1 aromatic carbocycles. The normalized spacial score (nSPS) is 23.0. The number of hydrogen-bond donors (Lipinski definition) is 2.